The number of fused-ring (bicyclic) bond motifs is 1. The van der Waals surface area contributed by atoms with Crippen molar-refractivity contribution >= 4 is 5.91 Å². The van der Waals surface area contributed by atoms with Gasteiger partial charge in [-0.2, -0.15) is 10.4 Å². The summed E-state index contributed by atoms with van der Waals surface area (Å²) in [6.45, 7) is 3.34. The molecule has 5 rings (SSSR count). The van der Waals surface area contributed by atoms with Crippen LogP contribution in [0, 0.1) is 22.6 Å². The zero-order valence-electron chi connectivity index (χ0n) is 18.5. The maximum absolute atomic E-state index is 13.6. The number of methoxy groups -OCH3 is 1. The third-order valence-electron chi connectivity index (χ3n) is 6.30. The van der Waals surface area contributed by atoms with Crippen LogP contribution in [0.1, 0.15) is 46.9 Å². The highest BCUT2D eigenvalue weighted by Gasteiger charge is 2.39. The summed E-state index contributed by atoms with van der Waals surface area (Å²) < 4.78 is 26.4. The number of hydrogen-bond acceptors (Lipinski definition) is 5. The normalized spacial score (nSPS) is 15.6. The van der Waals surface area contributed by atoms with E-state index < -0.39 is 0 Å². The second-order valence-electron chi connectivity index (χ2n) is 8.91. The van der Waals surface area contributed by atoms with Crippen LogP contribution in [0.15, 0.2) is 42.6 Å². The maximum atomic E-state index is 13.6. The lowest BCUT2D eigenvalue weighted by Crippen LogP contribution is -2.27. The highest BCUT2D eigenvalue weighted by Crippen LogP contribution is 2.46. The molecule has 7 nitrogen and oxygen atoms in total. The summed E-state index contributed by atoms with van der Waals surface area (Å²) in [5.41, 5.74) is 3.11. The molecule has 2 heterocycles. The summed E-state index contributed by atoms with van der Waals surface area (Å²) >= 11 is 0. The number of aromatic nitrogens is 2. The summed E-state index contributed by atoms with van der Waals surface area (Å²) in [6, 6.07) is 11.5. The van der Waals surface area contributed by atoms with E-state index in [4.69, 9.17) is 9.47 Å². The third kappa shape index (κ3) is 3.91. The fraction of sp³-hybridized carbons (Fsp3) is 0.320. The van der Waals surface area contributed by atoms with Crippen LogP contribution in [0.2, 0.25) is 0 Å². The van der Waals surface area contributed by atoms with E-state index in [1.54, 1.807) is 33.8 Å². The molecule has 0 saturated heterocycles. The molecular weight excluding hydrogens is 423 g/mol. The average molecular weight is 446 g/mol. The van der Waals surface area contributed by atoms with Crippen LogP contribution >= 0.6 is 0 Å². The van der Waals surface area contributed by atoms with E-state index in [0.29, 0.717) is 25.4 Å². The van der Waals surface area contributed by atoms with Crippen molar-refractivity contribution in [3.8, 4) is 23.3 Å². The minimum absolute atomic E-state index is 0.134. The Hall–Kier alpha value is -3.86. The molecule has 2 aliphatic rings. The summed E-state index contributed by atoms with van der Waals surface area (Å²) in [4.78, 5) is 15.3. The minimum Gasteiger partial charge on any atom is -0.494 e. The lowest BCUT2D eigenvalue weighted by molar-refractivity contribution is 0.0739. The Morgan fingerprint density at radius 2 is 1.97 bits per heavy atom. The van der Waals surface area contributed by atoms with Crippen LogP contribution in [0.4, 0.5) is 4.39 Å². The van der Waals surface area contributed by atoms with Gasteiger partial charge in [-0.15, -0.1) is 0 Å². The monoisotopic (exact) mass is 446 g/mol. The Balaban J connectivity index is 1.41. The van der Waals surface area contributed by atoms with E-state index in [-0.39, 0.29) is 34.0 Å². The van der Waals surface area contributed by atoms with Crippen LogP contribution in [-0.2, 0) is 13.1 Å². The van der Waals surface area contributed by atoms with Gasteiger partial charge in [-0.1, -0.05) is 6.92 Å². The topological polar surface area (TPSA) is 80.4 Å². The minimum atomic E-state index is -0.308. The number of amides is 1. The second-order valence-corrected chi connectivity index (χ2v) is 8.91. The number of ether oxygens (including phenoxy) is 2. The molecule has 0 atom stereocenters. The van der Waals surface area contributed by atoms with Gasteiger partial charge in [0.25, 0.3) is 5.91 Å². The lowest BCUT2D eigenvalue weighted by Gasteiger charge is -2.21. The Labute approximate surface area is 190 Å². The van der Waals surface area contributed by atoms with Crippen molar-refractivity contribution in [2.75, 3.05) is 13.7 Å². The van der Waals surface area contributed by atoms with Gasteiger partial charge in [0, 0.05) is 23.7 Å². The number of rotatable bonds is 6. The number of nitriles is 1. The molecule has 168 valence electrons. The van der Waals surface area contributed by atoms with E-state index in [1.807, 2.05) is 6.20 Å². The molecule has 0 N–H and O–H groups in total. The van der Waals surface area contributed by atoms with Gasteiger partial charge in [-0.3, -0.25) is 4.79 Å². The Morgan fingerprint density at radius 3 is 2.61 bits per heavy atom. The smallest absolute Gasteiger partial charge is 0.262 e. The molecule has 3 aromatic rings. The first-order valence-corrected chi connectivity index (χ1v) is 10.8. The largest absolute Gasteiger partial charge is 0.494 e. The van der Waals surface area contributed by atoms with Crippen molar-refractivity contribution in [2.24, 2.45) is 5.41 Å². The summed E-state index contributed by atoms with van der Waals surface area (Å²) in [5.74, 6) is 0.0652. The molecule has 1 fully saturated rings. The second kappa shape index (κ2) is 7.93. The van der Waals surface area contributed by atoms with E-state index in [2.05, 4.69) is 18.1 Å². The Bertz CT molecular complexity index is 1250. The van der Waals surface area contributed by atoms with Crippen molar-refractivity contribution in [1.29, 1.82) is 5.26 Å². The zero-order valence-corrected chi connectivity index (χ0v) is 18.5. The fourth-order valence-corrected chi connectivity index (χ4v) is 3.98. The summed E-state index contributed by atoms with van der Waals surface area (Å²) in [5, 5.41) is 14.1. The molecule has 0 spiro atoms. The number of benzene rings is 2. The third-order valence-corrected chi connectivity index (χ3v) is 6.30. The Kier molecular flexibility index (Phi) is 5.05. The van der Waals surface area contributed by atoms with Gasteiger partial charge in [0.05, 0.1) is 37.2 Å². The average Bonchev–Trinajstić information content (AvgIpc) is 3.23. The van der Waals surface area contributed by atoms with E-state index in [1.165, 1.54) is 19.2 Å². The molecule has 0 unspecified atom stereocenters. The van der Waals surface area contributed by atoms with Crippen molar-refractivity contribution in [2.45, 2.75) is 32.9 Å². The first-order chi connectivity index (χ1) is 15.9. The molecule has 0 radical (unpaired) electrons. The summed E-state index contributed by atoms with van der Waals surface area (Å²) in [6.07, 6.45) is 4.03. The molecule has 33 heavy (non-hydrogen) atoms. The van der Waals surface area contributed by atoms with Gasteiger partial charge in [0.2, 0.25) is 0 Å². The molecule has 1 amide bonds. The van der Waals surface area contributed by atoms with Gasteiger partial charge in [0.1, 0.15) is 23.2 Å². The molecular formula is C25H23FN4O3. The van der Waals surface area contributed by atoms with E-state index in [9.17, 15) is 14.4 Å². The predicted octanol–water partition coefficient (Wildman–Crippen LogP) is 4.23. The van der Waals surface area contributed by atoms with Crippen molar-refractivity contribution in [3.05, 3.63) is 70.8 Å². The van der Waals surface area contributed by atoms with Crippen LogP contribution in [0.3, 0.4) is 0 Å². The zero-order chi connectivity index (χ0) is 23.2. The number of halogens is 1. The van der Waals surface area contributed by atoms with Gasteiger partial charge >= 0.3 is 0 Å². The Morgan fingerprint density at radius 1 is 1.21 bits per heavy atom. The highest BCUT2D eigenvalue weighted by molar-refractivity contribution is 6.00. The standard InChI is InChI=1S/C25H23FN4O3/c1-25(9-10-25)15-33-21-8-3-16(11-27)23(32-2)22(21)24(31)29-12-17-13-30(28-20(17)14-29)19-6-4-18(26)5-7-19/h3-8,13H,9-10,12,14-15H2,1-2H3. The van der Waals surface area contributed by atoms with Gasteiger partial charge in [-0.05, 0) is 49.2 Å². The van der Waals surface area contributed by atoms with Crippen molar-refractivity contribution in [3.63, 3.8) is 0 Å². The van der Waals surface area contributed by atoms with E-state index >= 15 is 0 Å². The number of hydrogen-bond donors (Lipinski definition) is 0. The lowest BCUT2D eigenvalue weighted by atomic mass is 10.1. The molecule has 0 bridgehead atoms. The SMILES string of the molecule is COc1c(C#N)ccc(OCC2(C)CC2)c1C(=O)N1Cc2cn(-c3ccc(F)cc3)nc2C1. The van der Waals surface area contributed by atoms with Crippen LogP contribution in [0.25, 0.3) is 5.69 Å². The molecule has 1 aliphatic heterocycles. The van der Waals surface area contributed by atoms with Crippen molar-refractivity contribution < 1.29 is 18.7 Å². The number of nitrogens with zero attached hydrogens (tertiary/aromatic N) is 4. The maximum Gasteiger partial charge on any atom is 0.262 e. The first kappa shape index (κ1) is 21.0. The molecule has 1 aliphatic carbocycles. The number of carbonyl (C=O) groups excluding carboxylic acids is 1. The molecule has 1 saturated carbocycles. The van der Waals surface area contributed by atoms with Crippen molar-refractivity contribution in [1.82, 2.24) is 14.7 Å². The van der Waals surface area contributed by atoms with Crippen LogP contribution < -0.4 is 9.47 Å². The summed E-state index contributed by atoms with van der Waals surface area (Å²) in [7, 11) is 1.45. The van der Waals surface area contributed by atoms with Crippen LogP contribution in [0.5, 0.6) is 11.5 Å². The quantitative estimate of drug-likeness (QED) is 0.566. The fourth-order valence-electron chi connectivity index (χ4n) is 3.98. The first-order valence-electron chi connectivity index (χ1n) is 10.8. The van der Waals surface area contributed by atoms with Gasteiger partial charge in [-0.25, -0.2) is 9.07 Å². The highest BCUT2D eigenvalue weighted by atomic mass is 19.1. The van der Waals surface area contributed by atoms with Gasteiger partial charge < -0.3 is 14.4 Å². The van der Waals surface area contributed by atoms with Gasteiger partial charge in [0.15, 0.2) is 5.75 Å². The van der Waals surface area contributed by atoms with E-state index in [0.717, 1.165) is 29.8 Å². The predicted molar refractivity (Wildman–Crippen MR) is 118 cm³/mol. The number of carbonyl (C=O) groups is 1. The molecule has 8 heteroatoms. The molecule has 1 aromatic heterocycles. The van der Waals surface area contributed by atoms with Crippen LogP contribution in [-0.4, -0.2) is 34.3 Å². The molecule has 2 aromatic carbocycles.